The molecule has 160 valence electrons. The molecule has 2 aromatic rings. The molecule has 1 aromatic heterocycles. The predicted octanol–water partition coefficient (Wildman–Crippen LogP) is 4.49. The molecule has 0 aliphatic carbocycles. The summed E-state index contributed by atoms with van der Waals surface area (Å²) >= 11 is 11.7. The fourth-order valence-corrected chi connectivity index (χ4v) is 2.47. The maximum Gasteiger partial charge on any atom is 0.455 e. The van der Waals surface area contributed by atoms with Gasteiger partial charge in [0.25, 0.3) is 5.82 Å². The minimum atomic E-state index is -5.02. The van der Waals surface area contributed by atoms with E-state index in [0.717, 1.165) is 12.1 Å². The normalized spacial score (nSPS) is 14.4. The summed E-state index contributed by atoms with van der Waals surface area (Å²) in [4.78, 5) is 14.9. The number of nitrogens with one attached hydrogen (secondary N) is 2. The van der Waals surface area contributed by atoms with E-state index in [4.69, 9.17) is 23.2 Å². The van der Waals surface area contributed by atoms with Crippen LogP contribution in [0.5, 0.6) is 0 Å². The lowest BCUT2D eigenvalue weighted by atomic mass is 9.95. The predicted molar refractivity (Wildman–Crippen MR) is 87.2 cm³/mol. The number of carbonyl (C=O) groups is 1. The number of hydrogen-bond donors (Lipinski definition) is 3. The van der Waals surface area contributed by atoms with Crippen LogP contribution in [0.4, 0.5) is 36.8 Å². The van der Waals surface area contributed by atoms with Gasteiger partial charge in [-0.1, -0.05) is 28.4 Å². The fourth-order valence-electron chi connectivity index (χ4n) is 1.89. The monoisotopic (exact) mass is 466 g/mol. The van der Waals surface area contributed by atoms with Gasteiger partial charge in [-0.15, -0.1) is 0 Å². The third kappa shape index (κ3) is 5.22. The number of rotatable bonds is 4. The highest BCUT2D eigenvalue weighted by Crippen LogP contribution is 2.42. The van der Waals surface area contributed by atoms with E-state index in [-0.39, 0.29) is 5.69 Å². The first kappa shape index (κ1) is 23.0. The zero-order chi connectivity index (χ0) is 22.2. The quantitative estimate of drug-likeness (QED) is 0.576. The number of alkyl halides is 6. The van der Waals surface area contributed by atoms with Crippen molar-refractivity contribution in [3.8, 4) is 0 Å². The third-order valence-electron chi connectivity index (χ3n) is 3.52. The molecule has 3 N–H and O–H groups in total. The Labute approximate surface area is 168 Å². The zero-order valence-corrected chi connectivity index (χ0v) is 15.6. The van der Waals surface area contributed by atoms with Crippen molar-refractivity contribution in [3.63, 3.8) is 0 Å². The number of aliphatic hydroxyl groups is 1. The Hall–Kier alpha value is -2.25. The smallest absolute Gasteiger partial charge is 0.376 e. The number of aromatic nitrogens is 2. The lowest BCUT2D eigenvalue weighted by Gasteiger charge is -2.27. The Morgan fingerprint density at radius 3 is 2.17 bits per heavy atom. The van der Waals surface area contributed by atoms with Crippen LogP contribution in [-0.4, -0.2) is 27.5 Å². The maximum atomic E-state index is 12.9. The highest BCUT2D eigenvalue weighted by atomic mass is 35.5. The van der Waals surface area contributed by atoms with E-state index in [2.05, 4.69) is 25.3 Å². The van der Waals surface area contributed by atoms with Gasteiger partial charge in [0.2, 0.25) is 5.89 Å². The third-order valence-corrected chi connectivity index (χ3v) is 4.11. The van der Waals surface area contributed by atoms with Gasteiger partial charge in [0.15, 0.2) is 5.60 Å². The van der Waals surface area contributed by atoms with E-state index in [0.29, 0.717) is 6.92 Å². The van der Waals surface area contributed by atoms with Crippen molar-refractivity contribution in [1.82, 2.24) is 15.5 Å². The summed E-state index contributed by atoms with van der Waals surface area (Å²) in [7, 11) is 0. The average Bonchev–Trinajstić information content (AvgIpc) is 3.04. The van der Waals surface area contributed by atoms with Crippen LogP contribution in [0.3, 0.4) is 0 Å². The molecular formula is C14H10Cl2F6N4O3. The molecule has 15 heteroatoms. The Morgan fingerprint density at radius 1 is 1.17 bits per heavy atom. The first-order valence-corrected chi connectivity index (χ1v) is 8.11. The molecule has 29 heavy (non-hydrogen) atoms. The fraction of sp³-hybridized carbons (Fsp3) is 0.357. The molecule has 7 nitrogen and oxygen atoms in total. The molecule has 0 saturated carbocycles. The van der Waals surface area contributed by atoms with Gasteiger partial charge >= 0.3 is 18.4 Å². The average molecular weight is 467 g/mol. The molecule has 0 radical (unpaired) electrons. The van der Waals surface area contributed by atoms with Crippen molar-refractivity contribution in [2.75, 3.05) is 5.32 Å². The minimum absolute atomic E-state index is 0.297. The maximum absolute atomic E-state index is 12.9. The van der Waals surface area contributed by atoms with E-state index in [1.807, 2.05) is 0 Å². The standard InChI is InChI=1S/C14H10Cl2F6N4O3/c1-12(28,14(20,21)22)5-2-6(15)9(7(16)3-5)25-11(27)23-4-8-24-10(26-29-8)13(17,18)19/h2-3,28H,4H2,1H3,(H2,23,25,27)/t12-/m1/s1. The number of hydrogen-bond acceptors (Lipinski definition) is 5. The summed E-state index contributed by atoms with van der Waals surface area (Å²) in [6.07, 6.45) is -9.85. The lowest BCUT2D eigenvalue weighted by Crippen LogP contribution is -2.39. The largest absolute Gasteiger partial charge is 0.455 e. The molecule has 0 aliphatic rings. The molecule has 1 aromatic carbocycles. The van der Waals surface area contributed by atoms with E-state index in [9.17, 15) is 36.2 Å². The molecule has 2 rings (SSSR count). The molecule has 0 unspecified atom stereocenters. The van der Waals surface area contributed by atoms with Gasteiger partial charge in [-0.25, -0.2) is 4.79 Å². The Kier molecular flexibility index (Phi) is 6.26. The van der Waals surface area contributed by atoms with Crippen molar-refractivity contribution < 1.29 is 40.8 Å². The number of amides is 2. The molecule has 1 atom stereocenters. The molecule has 0 fully saturated rings. The zero-order valence-electron chi connectivity index (χ0n) is 14.0. The van der Waals surface area contributed by atoms with Crippen LogP contribution in [0.1, 0.15) is 24.2 Å². The van der Waals surface area contributed by atoms with E-state index < -0.39 is 57.9 Å². The summed E-state index contributed by atoms with van der Waals surface area (Å²) in [6, 6.07) is 0.477. The Balaban J connectivity index is 2.10. The molecule has 0 bridgehead atoms. The van der Waals surface area contributed by atoms with Crippen LogP contribution in [0.15, 0.2) is 16.7 Å². The van der Waals surface area contributed by atoms with Crippen LogP contribution >= 0.6 is 23.2 Å². The molecule has 2 amide bonds. The van der Waals surface area contributed by atoms with Crippen LogP contribution in [0.25, 0.3) is 0 Å². The second-order valence-electron chi connectivity index (χ2n) is 5.70. The van der Waals surface area contributed by atoms with Crippen LogP contribution in [0, 0.1) is 0 Å². The van der Waals surface area contributed by atoms with Crippen molar-refractivity contribution in [1.29, 1.82) is 0 Å². The molecule has 0 spiro atoms. The number of carbonyl (C=O) groups excluding carboxylic acids is 1. The number of urea groups is 1. The van der Waals surface area contributed by atoms with Crippen LogP contribution in [0.2, 0.25) is 10.0 Å². The number of benzene rings is 1. The Morgan fingerprint density at radius 2 is 1.72 bits per heavy atom. The van der Waals surface area contributed by atoms with Gasteiger partial charge in [-0.05, 0) is 24.6 Å². The summed E-state index contributed by atoms with van der Waals surface area (Å²) in [5.74, 6) is -2.09. The highest BCUT2D eigenvalue weighted by Gasteiger charge is 2.51. The van der Waals surface area contributed by atoms with Crippen LogP contribution in [-0.2, 0) is 18.3 Å². The minimum Gasteiger partial charge on any atom is -0.376 e. The summed E-state index contributed by atoms with van der Waals surface area (Å²) in [6.45, 7) is -0.0978. The molecule has 0 aliphatic heterocycles. The van der Waals surface area contributed by atoms with Crippen molar-refractivity contribution >= 4 is 34.9 Å². The highest BCUT2D eigenvalue weighted by molar-refractivity contribution is 6.39. The van der Waals surface area contributed by atoms with Gasteiger partial charge in [0, 0.05) is 0 Å². The first-order valence-electron chi connectivity index (χ1n) is 7.36. The number of nitrogens with zero attached hydrogens (tertiary/aromatic N) is 2. The molecular weight excluding hydrogens is 457 g/mol. The number of halogens is 8. The van der Waals surface area contributed by atoms with E-state index in [1.165, 1.54) is 0 Å². The summed E-state index contributed by atoms with van der Waals surface area (Å²) in [5.41, 5.74) is -4.22. The van der Waals surface area contributed by atoms with Gasteiger partial charge in [0.1, 0.15) is 0 Å². The van der Waals surface area contributed by atoms with Gasteiger partial charge in [0.05, 0.1) is 22.3 Å². The topological polar surface area (TPSA) is 100 Å². The lowest BCUT2D eigenvalue weighted by molar-refractivity contribution is -0.258. The van der Waals surface area contributed by atoms with Crippen molar-refractivity contribution in [2.24, 2.45) is 0 Å². The van der Waals surface area contributed by atoms with Gasteiger partial charge in [-0.3, -0.25) is 0 Å². The Bertz CT molecular complexity index is 890. The summed E-state index contributed by atoms with van der Waals surface area (Å²) < 4.78 is 80.2. The summed E-state index contributed by atoms with van der Waals surface area (Å²) in [5, 5.41) is 15.7. The van der Waals surface area contributed by atoms with E-state index in [1.54, 1.807) is 0 Å². The second-order valence-corrected chi connectivity index (χ2v) is 6.52. The van der Waals surface area contributed by atoms with Crippen molar-refractivity contribution in [3.05, 3.63) is 39.5 Å². The van der Waals surface area contributed by atoms with Crippen molar-refractivity contribution in [2.45, 2.75) is 31.4 Å². The first-order chi connectivity index (χ1) is 13.1. The SMILES string of the molecule is C[C@@](O)(c1cc(Cl)c(NC(=O)NCc2nc(C(F)(F)F)no2)c(Cl)c1)C(F)(F)F. The van der Waals surface area contributed by atoms with Gasteiger partial charge < -0.3 is 20.3 Å². The van der Waals surface area contributed by atoms with E-state index >= 15 is 0 Å². The molecule has 1 heterocycles. The second kappa shape index (κ2) is 7.88. The number of anilines is 1. The van der Waals surface area contributed by atoms with Crippen LogP contribution < -0.4 is 10.6 Å². The van der Waals surface area contributed by atoms with Gasteiger partial charge in [-0.2, -0.15) is 31.3 Å². The molecule has 0 saturated heterocycles.